The third-order valence-corrected chi connectivity index (χ3v) is 1.60. The fraction of sp³-hybridized carbons (Fsp3) is 1.00. The van der Waals surface area contributed by atoms with Crippen molar-refractivity contribution in [3.8, 4) is 0 Å². The van der Waals surface area contributed by atoms with Crippen LogP contribution in [-0.2, 0) is 0 Å². The first-order valence-electron chi connectivity index (χ1n) is 2.77. The van der Waals surface area contributed by atoms with Crippen molar-refractivity contribution in [2.24, 2.45) is 0 Å². The molecule has 1 saturated heterocycles. The summed E-state index contributed by atoms with van der Waals surface area (Å²) in [6, 6.07) is 1.31. The SMILES string of the molecule is C[C@@H]1NCN[C@H]1C. The smallest absolute Gasteiger partial charge is 0.0459 e. The van der Waals surface area contributed by atoms with Crippen LogP contribution in [0.4, 0.5) is 0 Å². The molecule has 0 spiro atoms. The maximum absolute atomic E-state index is 3.26. The summed E-state index contributed by atoms with van der Waals surface area (Å²) < 4.78 is 0. The van der Waals surface area contributed by atoms with Crippen LogP contribution in [0.1, 0.15) is 13.8 Å². The van der Waals surface area contributed by atoms with Crippen LogP contribution in [0, 0.1) is 0 Å². The highest BCUT2D eigenvalue weighted by Crippen LogP contribution is 1.94. The number of nitrogens with one attached hydrogen (secondary N) is 2. The van der Waals surface area contributed by atoms with Crippen LogP contribution in [0.15, 0.2) is 0 Å². The summed E-state index contributed by atoms with van der Waals surface area (Å²) in [7, 11) is 0. The zero-order valence-electron chi connectivity index (χ0n) is 4.86. The van der Waals surface area contributed by atoms with Crippen molar-refractivity contribution in [1.82, 2.24) is 10.6 Å². The lowest BCUT2D eigenvalue weighted by atomic mass is 10.2. The van der Waals surface area contributed by atoms with Crippen LogP contribution in [0.3, 0.4) is 0 Å². The topological polar surface area (TPSA) is 24.1 Å². The van der Waals surface area contributed by atoms with Crippen molar-refractivity contribution in [1.29, 1.82) is 0 Å². The van der Waals surface area contributed by atoms with Gasteiger partial charge in [-0.2, -0.15) is 0 Å². The molecule has 2 N–H and O–H groups in total. The highest BCUT2D eigenvalue weighted by atomic mass is 15.2. The van der Waals surface area contributed by atoms with Gasteiger partial charge in [0.15, 0.2) is 0 Å². The predicted octanol–water partition coefficient (Wildman–Crippen LogP) is -0.0863. The summed E-state index contributed by atoms with van der Waals surface area (Å²) in [5, 5.41) is 6.52. The molecule has 1 aliphatic rings. The summed E-state index contributed by atoms with van der Waals surface area (Å²) in [5.41, 5.74) is 0. The van der Waals surface area contributed by atoms with Crippen LogP contribution in [0.2, 0.25) is 0 Å². The first-order valence-corrected chi connectivity index (χ1v) is 2.77. The minimum atomic E-state index is 0.653. The monoisotopic (exact) mass is 100 g/mol. The Hall–Kier alpha value is -0.0800. The molecule has 0 amide bonds. The average Bonchev–Trinajstić information content (AvgIpc) is 1.91. The van der Waals surface area contributed by atoms with Gasteiger partial charge in [0.2, 0.25) is 0 Å². The van der Waals surface area contributed by atoms with Crippen LogP contribution in [0.5, 0.6) is 0 Å². The maximum Gasteiger partial charge on any atom is 0.0459 e. The summed E-state index contributed by atoms with van der Waals surface area (Å²) in [6.07, 6.45) is 0. The van der Waals surface area contributed by atoms with Crippen molar-refractivity contribution >= 4 is 0 Å². The van der Waals surface area contributed by atoms with Crippen molar-refractivity contribution in [2.75, 3.05) is 6.67 Å². The molecule has 1 heterocycles. The highest BCUT2D eigenvalue weighted by molar-refractivity contribution is 4.79. The minimum Gasteiger partial charge on any atom is -0.300 e. The fourth-order valence-corrected chi connectivity index (χ4v) is 0.734. The Morgan fingerprint density at radius 3 is 1.71 bits per heavy atom. The van der Waals surface area contributed by atoms with Crippen LogP contribution >= 0.6 is 0 Å². The van der Waals surface area contributed by atoms with Crippen molar-refractivity contribution < 1.29 is 0 Å². The lowest BCUT2D eigenvalue weighted by Gasteiger charge is -2.05. The second kappa shape index (κ2) is 1.80. The standard InChI is InChI=1S/C5H12N2/c1-4-5(2)7-3-6-4/h4-7H,3H2,1-2H3/t4-,5-/m0/s1. The molecular weight excluding hydrogens is 88.1 g/mol. The molecule has 1 rings (SSSR count). The normalized spacial score (nSPS) is 42.0. The number of rotatable bonds is 0. The molecule has 0 bridgehead atoms. The Bertz CT molecular complexity index is 55.1. The van der Waals surface area contributed by atoms with Crippen LogP contribution in [0.25, 0.3) is 0 Å². The van der Waals surface area contributed by atoms with Crippen LogP contribution in [-0.4, -0.2) is 18.8 Å². The summed E-state index contributed by atoms with van der Waals surface area (Å²) >= 11 is 0. The molecule has 42 valence electrons. The molecule has 1 fully saturated rings. The molecule has 1 aliphatic heterocycles. The Morgan fingerprint density at radius 1 is 1.14 bits per heavy atom. The molecule has 0 aromatic carbocycles. The number of hydrogen-bond acceptors (Lipinski definition) is 2. The van der Waals surface area contributed by atoms with E-state index < -0.39 is 0 Å². The minimum absolute atomic E-state index is 0.653. The van der Waals surface area contributed by atoms with Gasteiger partial charge in [-0.3, -0.25) is 0 Å². The Balaban J connectivity index is 2.33. The highest BCUT2D eigenvalue weighted by Gasteiger charge is 2.15. The van der Waals surface area contributed by atoms with E-state index in [1.807, 2.05) is 0 Å². The largest absolute Gasteiger partial charge is 0.300 e. The van der Waals surface area contributed by atoms with E-state index in [0.717, 1.165) is 6.67 Å². The molecule has 0 aromatic heterocycles. The van der Waals surface area contributed by atoms with Crippen molar-refractivity contribution in [3.63, 3.8) is 0 Å². The molecule has 0 radical (unpaired) electrons. The van der Waals surface area contributed by atoms with Gasteiger partial charge in [0, 0.05) is 18.8 Å². The van der Waals surface area contributed by atoms with Gasteiger partial charge in [0.05, 0.1) is 0 Å². The van der Waals surface area contributed by atoms with E-state index in [1.165, 1.54) is 0 Å². The van der Waals surface area contributed by atoms with Gasteiger partial charge >= 0.3 is 0 Å². The zero-order valence-corrected chi connectivity index (χ0v) is 4.86. The molecule has 0 saturated carbocycles. The molecular formula is C5H12N2. The molecule has 2 atom stereocenters. The zero-order chi connectivity index (χ0) is 5.28. The van der Waals surface area contributed by atoms with E-state index in [-0.39, 0.29) is 0 Å². The van der Waals surface area contributed by atoms with E-state index in [1.54, 1.807) is 0 Å². The molecule has 2 nitrogen and oxygen atoms in total. The van der Waals surface area contributed by atoms with Gasteiger partial charge in [-0.25, -0.2) is 0 Å². The molecule has 0 unspecified atom stereocenters. The molecule has 7 heavy (non-hydrogen) atoms. The van der Waals surface area contributed by atoms with Crippen molar-refractivity contribution in [3.05, 3.63) is 0 Å². The van der Waals surface area contributed by atoms with Gasteiger partial charge in [-0.05, 0) is 13.8 Å². The van der Waals surface area contributed by atoms with E-state index in [4.69, 9.17) is 0 Å². The Labute approximate surface area is 44.3 Å². The lowest BCUT2D eigenvalue weighted by Crippen LogP contribution is -2.26. The van der Waals surface area contributed by atoms with Gasteiger partial charge < -0.3 is 10.6 Å². The second-order valence-corrected chi connectivity index (χ2v) is 2.16. The molecule has 2 heteroatoms. The second-order valence-electron chi connectivity index (χ2n) is 2.16. The summed E-state index contributed by atoms with van der Waals surface area (Å²) in [5.74, 6) is 0. The van der Waals surface area contributed by atoms with E-state index in [0.29, 0.717) is 12.1 Å². The van der Waals surface area contributed by atoms with Gasteiger partial charge in [-0.1, -0.05) is 0 Å². The fourth-order valence-electron chi connectivity index (χ4n) is 0.734. The van der Waals surface area contributed by atoms with Gasteiger partial charge in [0.25, 0.3) is 0 Å². The predicted molar refractivity (Wildman–Crippen MR) is 30.1 cm³/mol. The van der Waals surface area contributed by atoms with Crippen LogP contribution < -0.4 is 10.6 Å². The number of hydrogen-bond donors (Lipinski definition) is 2. The lowest BCUT2D eigenvalue weighted by molar-refractivity contribution is 0.583. The van der Waals surface area contributed by atoms with E-state index >= 15 is 0 Å². The van der Waals surface area contributed by atoms with Crippen molar-refractivity contribution in [2.45, 2.75) is 25.9 Å². The Kier molecular flexibility index (Phi) is 1.30. The average molecular weight is 100 g/mol. The van der Waals surface area contributed by atoms with Gasteiger partial charge in [-0.15, -0.1) is 0 Å². The first-order chi connectivity index (χ1) is 3.30. The summed E-state index contributed by atoms with van der Waals surface area (Å²) in [6.45, 7) is 5.34. The van der Waals surface area contributed by atoms with Gasteiger partial charge in [0.1, 0.15) is 0 Å². The first kappa shape index (κ1) is 5.06. The third kappa shape index (κ3) is 0.924. The molecule has 0 aromatic rings. The molecule has 0 aliphatic carbocycles. The third-order valence-electron chi connectivity index (χ3n) is 1.60. The Morgan fingerprint density at radius 2 is 1.57 bits per heavy atom. The quantitative estimate of drug-likeness (QED) is 0.444. The van der Waals surface area contributed by atoms with E-state index in [9.17, 15) is 0 Å². The van der Waals surface area contributed by atoms with E-state index in [2.05, 4.69) is 24.5 Å². The summed E-state index contributed by atoms with van der Waals surface area (Å²) in [4.78, 5) is 0. The maximum atomic E-state index is 3.26.